The first-order valence-corrected chi connectivity index (χ1v) is 8.28. The first-order valence-electron chi connectivity index (χ1n) is 6.67. The summed E-state index contributed by atoms with van der Waals surface area (Å²) in [7, 11) is 0. The molecule has 0 amide bonds. The van der Waals surface area contributed by atoms with E-state index in [2.05, 4.69) is 68.7 Å². The van der Waals surface area contributed by atoms with Crippen molar-refractivity contribution in [2.75, 3.05) is 5.32 Å². The summed E-state index contributed by atoms with van der Waals surface area (Å²) < 4.78 is 2.31. The standard InChI is InChI=1S/C16H13BrN2S/c17-12-5-6-15-14(9-12)19-16(20-15)18-13-7-10-3-1-2-4-11(10)8-13/h1-6,9,13H,7-8H2,(H,18,19). The molecule has 20 heavy (non-hydrogen) atoms. The normalized spacial score (nSPS) is 14.7. The highest BCUT2D eigenvalue weighted by molar-refractivity contribution is 9.10. The van der Waals surface area contributed by atoms with Crippen LogP contribution in [0.15, 0.2) is 46.9 Å². The molecule has 4 rings (SSSR count). The number of thiazole rings is 1. The average molecular weight is 345 g/mol. The van der Waals surface area contributed by atoms with Crippen molar-refractivity contribution >= 4 is 42.6 Å². The van der Waals surface area contributed by atoms with Crippen LogP contribution in [-0.2, 0) is 12.8 Å². The maximum Gasteiger partial charge on any atom is 0.184 e. The smallest absolute Gasteiger partial charge is 0.184 e. The zero-order valence-corrected chi connectivity index (χ0v) is 13.2. The van der Waals surface area contributed by atoms with Crippen LogP contribution < -0.4 is 5.32 Å². The second-order valence-electron chi connectivity index (χ2n) is 5.15. The summed E-state index contributed by atoms with van der Waals surface area (Å²) in [5.41, 5.74) is 3.99. The number of hydrogen-bond acceptors (Lipinski definition) is 3. The predicted octanol–water partition coefficient (Wildman–Crippen LogP) is 4.64. The van der Waals surface area contributed by atoms with E-state index in [-0.39, 0.29) is 0 Å². The monoisotopic (exact) mass is 344 g/mol. The van der Waals surface area contributed by atoms with Crippen LogP contribution in [-0.4, -0.2) is 11.0 Å². The van der Waals surface area contributed by atoms with Crippen molar-refractivity contribution in [2.24, 2.45) is 0 Å². The molecule has 0 radical (unpaired) electrons. The Labute approximate surface area is 130 Å². The number of nitrogens with zero attached hydrogens (tertiary/aromatic N) is 1. The van der Waals surface area contributed by atoms with Gasteiger partial charge in [-0.25, -0.2) is 4.98 Å². The summed E-state index contributed by atoms with van der Waals surface area (Å²) >= 11 is 5.22. The van der Waals surface area contributed by atoms with Crippen LogP contribution in [0.25, 0.3) is 10.2 Å². The van der Waals surface area contributed by atoms with E-state index >= 15 is 0 Å². The third kappa shape index (κ3) is 2.23. The Balaban J connectivity index is 1.57. The second kappa shape index (κ2) is 4.86. The van der Waals surface area contributed by atoms with Crippen molar-refractivity contribution in [2.45, 2.75) is 18.9 Å². The first-order chi connectivity index (χ1) is 9.78. The van der Waals surface area contributed by atoms with E-state index in [1.165, 1.54) is 15.8 Å². The molecule has 1 aliphatic rings. The first kappa shape index (κ1) is 12.4. The molecule has 2 nitrogen and oxygen atoms in total. The lowest BCUT2D eigenvalue weighted by Gasteiger charge is -2.09. The summed E-state index contributed by atoms with van der Waals surface area (Å²) in [6.07, 6.45) is 2.19. The molecule has 0 bridgehead atoms. The van der Waals surface area contributed by atoms with Gasteiger partial charge in [-0.15, -0.1) is 0 Å². The topological polar surface area (TPSA) is 24.9 Å². The number of aromatic nitrogens is 1. The number of halogens is 1. The lowest BCUT2D eigenvalue weighted by molar-refractivity contribution is 0.773. The van der Waals surface area contributed by atoms with Crippen LogP contribution in [0.5, 0.6) is 0 Å². The molecule has 1 N–H and O–H groups in total. The minimum atomic E-state index is 0.469. The SMILES string of the molecule is Brc1ccc2sc(NC3Cc4ccccc4C3)nc2c1. The van der Waals surface area contributed by atoms with E-state index in [0.29, 0.717) is 6.04 Å². The van der Waals surface area contributed by atoms with Crippen LogP contribution >= 0.6 is 27.3 Å². The molecule has 4 heteroatoms. The summed E-state index contributed by atoms with van der Waals surface area (Å²) in [5, 5.41) is 4.61. The van der Waals surface area contributed by atoms with Gasteiger partial charge in [0, 0.05) is 10.5 Å². The Kier molecular flexibility index (Phi) is 3.00. The van der Waals surface area contributed by atoms with Gasteiger partial charge in [-0.1, -0.05) is 51.5 Å². The Morgan fingerprint density at radius 3 is 2.60 bits per heavy atom. The largest absolute Gasteiger partial charge is 0.358 e. The van der Waals surface area contributed by atoms with Gasteiger partial charge in [-0.2, -0.15) is 0 Å². The summed E-state index contributed by atoms with van der Waals surface area (Å²) in [6.45, 7) is 0. The van der Waals surface area contributed by atoms with Gasteiger partial charge < -0.3 is 5.32 Å². The Bertz CT molecular complexity index is 756. The van der Waals surface area contributed by atoms with E-state index in [1.54, 1.807) is 11.3 Å². The summed E-state index contributed by atoms with van der Waals surface area (Å²) in [6, 6.07) is 15.4. The fourth-order valence-electron chi connectivity index (χ4n) is 2.80. The average Bonchev–Trinajstić information content (AvgIpc) is 3.00. The number of nitrogens with one attached hydrogen (secondary N) is 1. The van der Waals surface area contributed by atoms with Gasteiger partial charge in [0.1, 0.15) is 0 Å². The van der Waals surface area contributed by atoms with Gasteiger partial charge >= 0.3 is 0 Å². The second-order valence-corrected chi connectivity index (χ2v) is 7.10. The third-order valence-electron chi connectivity index (χ3n) is 3.73. The minimum Gasteiger partial charge on any atom is -0.358 e. The van der Waals surface area contributed by atoms with Crippen molar-refractivity contribution in [3.8, 4) is 0 Å². The van der Waals surface area contributed by atoms with Crippen LogP contribution in [0.1, 0.15) is 11.1 Å². The molecule has 0 unspecified atom stereocenters. The van der Waals surface area contributed by atoms with Crippen molar-refractivity contribution in [1.82, 2.24) is 4.98 Å². The van der Waals surface area contributed by atoms with Crippen molar-refractivity contribution in [3.63, 3.8) is 0 Å². The molecule has 0 aliphatic heterocycles. The molecule has 0 fully saturated rings. The highest BCUT2D eigenvalue weighted by Crippen LogP contribution is 2.30. The third-order valence-corrected chi connectivity index (χ3v) is 5.19. The molecule has 1 aliphatic carbocycles. The molecule has 3 aromatic rings. The lowest BCUT2D eigenvalue weighted by Crippen LogP contribution is -2.19. The number of fused-ring (bicyclic) bond motifs is 2. The summed E-state index contributed by atoms with van der Waals surface area (Å²) in [5.74, 6) is 0. The van der Waals surface area contributed by atoms with Crippen LogP contribution in [0.2, 0.25) is 0 Å². The van der Waals surface area contributed by atoms with E-state index in [0.717, 1.165) is 28.0 Å². The Morgan fingerprint density at radius 2 is 1.85 bits per heavy atom. The van der Waals surface area contributed by atoms with Crippen molar-refractivity contribution in [3.05, 3.63) is 58.1 Å². The molecular weight excluding hydrogens is 332 g/mol. The maximum absolute atomic E-state index is 4.68. The van der Waals surface area contributed by atoms with E-state index in [1.807, 2.05) is 0 Å². The zero-order chi connectivity index (χ0) is 13.5. The fourth-order valence-corrected chi connectivity index (χ4v) is 4.07. The highest BCUT2D eigenvalue weighted by Gasteiger charge is 2.21. The van der Waals surface area contributed by atoms with Crippen LogP contribution in [0.4, 0.5) is 5.13 Å². The lowest BCUT2D eigenvalue weighted by atomic mass is 10.1. The van der Waals surface area contributed by atoms with Crippen molar-refractivity contribution in [1.29, 1.82) is 0 Å². The number of benzene rings is 2. The van der Waals surface area contributed by atoms with Gasteiger partial charge in [-0.3, -0.25) is 0 Å². The predicted molar refractivity (Wildman–Crippen MR) is 88.6 cm³/mol. The van der Waals surface area contributed by atoms with Crippen LogP contribution in [0, 0.1) is 0 Å². The van der Waals surface area contributed by atoms with Crippen LogP contribution in [0.3, 0.4) is 0 Å². The van der Waals surface area contributed by atoms with E-state index in [9.17, 15) is 0 Å². The Hall–Kier alpha value is -1.39. The number of hydrogen-bond donors (Lipinski definition) is 1. The number of rotatable bonds is 2. The minimum absolute atomic E-state index is 0.469. The van der Waals surface area contributed by atoms with Crippen molar-refractivity contribution < 1.29 is 0 Å². The molecule has 0 saturated heterocycles. The highest BCUT2D eigenvalue weighted by atomic mass is 79.9. The van der Waals surface area contributed by atoms with Gasteiger partial charge in [0.15, 0.2) is 5.13 Å². The number of anilines is 1. The quantitative estimate of drug-likeness (QED) is 0.732. The molecule has 0 spiro atoms. The maximum atomic E-state index is 4.68. The molecule has 0 saturated carbocycles. The molecule has 0 atom stereocenters. The summed E-state index contributed by atoms with van der Waals surface area (Å²) in [4.78, 5) is 4.68. The fraction of sp³-hybridized carbons (Fsp3) is 0.188. The molecule has 100 valence electrons. The molecule has 1 aromatic heterocycles. The van der Waals surface area contributed by atoms with E-state index in [4.69, 9.17) is 0 Å². The Morgan fingerprint density at radius 1 is 1.10 bits per heavy atom. The van der Waals surface area contributed by atoms with Gasteiger partial charge in [-0.05, 0) is 42.2 Å². The molecular formula is C16H13BrN2S. The molecule has 1 heterocycles. The van der Waals surface area contributed by atoms with E-state index < -0.39 is 0 Å². The molecule has 2 aromatic carbocycles. The zero-order valence-electron chi connectivity index (χ0n) is 10.8. The van der Waals surface area contributed by atoms with Gasteiger partial charge in [0.05, 0.1) is 10.2 Å². The van der Waals surface area contributed by atoms with Gasteiger partial charge in [0.25, 0.3) is 0 Å². The van der Waals surface area contributed by atoms with Gasteiger partial charge in [0.2, 0.25) is 0 Å².